The number of hydrogen-bond donors (Lipinski definition) is 1. The van der Waals surface area contributed by atoms with Crippen LogP contribution in [0.5, 0.6) is 0 Å². The van der Waals surface area contributed by atoms with E-state index in [2.05, 4.69) is 35.6 Å². The van der Waals surface area contributed by atoms with Crippen molar-refractivity contribution in [3.63, 3.8) is 0 Å². The van der Waals surface area contributed by atoms with Gasteiger partial charge in [-0.1, -0.05) is 49.6 Å². The molecule has 1 unspecified atom stereocenters. The Bertz CT molecular complexity index is 338. The molecule has 1 nitrogen and oxygen atoms in total. The van der Waals surface area contributed by atoms with Crippen LogP contribution in [0.1, 0.15) is 50.0 Å². The van der Waals surface area contributed by atoms with Crippen LogP contribution in [0.15, 0.2) is 30.3 Å². The van der Waals surface area contributed by atoms with E-state index in [9.17, 15) is 0 Å². The van der Waals surface area contributed by atoms with Gasteiger partial charge in [-0.2, -0.15) is 0 Å². The minimum atomic E-state index is 0.499. The number of hydrogen-bond acceptors (Lipinski definition) is 1. The standard InChI is InChI=1S/C15H21N/c1-3-7-13(8-4-1)14-11-15(16-12-14)9-5-2-6-10-15/h1,3-4,7-8,14,16H,2,5-6,9-12H2. The van der Waals surface area contributed by atoms with Crippen molar-refractivity contribution < 1.29 is 0 Å². The fourth-order valence-electron chi connectivity index (χ4n) is 3.53. The molecule has 1 N–H and O–H groups in total. The Labute approximate surface area is 98.3 Å². The van der Waals surface area contributed by atoms with E-state index in [4.69, 9.17) is 0 Å². The summed E-state index contributed by atoms with van der Waals surface area (Å²) in [7, 11) is 0. The van der Waals surface area contributed by atoms with Crippen LogP contribution in [-0.4, -0.2) is 12.1 Å². The molecule has 1 atom stereocenters. The Morgan fingerprint density at radius 1 is 1.00 bits per heavy atom. The third kappa shape index (κ3) is 1.89. The van der Waals surface area contributed by atoms with Gasteiger partial charge in [0.05, 0.1) is 0 Å². The molecule has 2 aliphatic rings. The lowest BCUT2D eigenvalue weighted by molar-refractivity contribution is 0.262. The largest absolute Gasteiger partial charge is 0.311 e. The molecule has 1 heteroatoms. The fraction of sp³-hybridized carbons (Fsp3) is 0.600. The van der Waals surface area contributed by atoms with Crippen LogP contribution in [0, 0.1) is 0 Å². The summed E-state index contributed by atoms with van der Waals surface area (Å²) in [6.07, 6.45) is 8.45. The average Bonchev–Trinajstić information content (AvgIpc) is 2.75. The van der Waals surface area contributed by atoms with Crippen molar-refractivity contribution in [3.8, 4) is 0 Å². The third-order valence-corrected chi connectivity index (χ3v) is 4.44. The van der Waals surface area contributed by atoms with E-state index in [0.717, 1.165) is 5.92 Å². The zero-order chi connectivity index (χ0) is 10.8. The maximum Gasteiger partial charge on any atom is 0.0188 e. The summed E-state index contributed by atoms with van der Waals surface area (Å²) in [5.41, 5.74) is 2.02. The van der Waals surface area contributed by atoms with Gasteiger partial charge in [-0.3, -0.25) is 0 Å². The minimum absolute atomic E-state index is 0.499. The van der Waals surface area contributed by atoms with E-state index >= 15 is 0 Å². The first-order valence-corrected chi connectivity index (χ1v) is 6.68. The highest BCUT2D eigenvalue weighted by Crippen LogP contribution is 2.40. The summed E-state index contributed by atoms with van der Waals surface area (Å²) in [6, 6.07) is 11.0. The van der Waals surface area contributed by atoms with Crippen molar-refractivity contribution in [2.45, 2.75) is 50.0 Å². The van der Waals surface area contributed by atoms with E-state index in [1.165, 1.54) is 50.6 Å². The Hall–Kier alpha value is -0.820. The second-order valence-corrected chi connectivity index (χ2v) is 5.53. The molecular formula is C15H21N. The van der Waals surface area contributed by atoms with Gasteiger partial charge in [-0.15, -0.1) is 0 Å². The predicted octanol–water partition coefficient (Wildman–Crippen LogP) is 3.47. The lowest BCUT2D eigenvalue weighted by Crippen LogP contribution is -2.41. The molecule has 1 aliphatic heterocycles. The summed E-state index contributed by atoms with van der Waals surface area (Å²) in [4.78, 5) is 0. The molecule has 16 heavy (non-hydrogen) atoms. The topological polar surface area (TPSA) is 12.0 Å². The molecular weight excluding hydrogens is 194 g/mol. The zero-order valence-corrected chi connectivity index (χ0v) is 9.91. The first-order chi connectivity index (χ1) is 7.88. The Morgan fingerprint density at radius 3 is 2.50 bits per heavy atom. The van der Waals surface area contributed by atoms with Gasteiger partial charge >= 0.3 is 0 Å². The van der Waals surface area contributed by atoms with Gasteiger partial charge in [0, 0.05) is 12.1 Å². The van der Waals surface area contributed by atoms with Crippen LogP contribution in [0.4, 0.5) is 0 Å². The van der Waals surface area contributed by atoms with Crippen molar-refractivity contribution in [1.29, 1.82) is 0 Å². The number of rotatable bonds is 1. The molecule has 3 rings (SSSR count). The minimum Gasteiger partial charge on any atom is -0.311 e. The lowest BCUT2D eigenvalue weighted by atomic mass is 9.78. The molecule has 1 aromatic rings. The maximum absolute atomic E-state index is 3.82. The van der Waals surface area contributed by atoms with Gasteiger partial charge in [-0.05, 0) is 30.7 Å². The molecule has 2 fully saturated rings. The molecule has 1 aromatic carbocycles. The molecule has 1 heterocycles. The van der Waals surface area contributed by atoms with E-state index in [1.54, 1.807) is 0 Å². The van der Waals surface area contributed by atoms with Crippen LogP contribution in [0.2, 0.25) is 0 Å². The van der Waals surface area contributed by atoms with Crippen LogP contribution >= 0.6 is 0 Å². The van der Waals surface area contributed by atoms with E-state index in [-0.39, 0.29) is 0 Å². The molecule has 1 aliphatic carbocycles. The van der Waals surface area contributed by atoms with Crippen molar-refractivity contribution in [2.75, 3.05) is 6.54 Å². The highest BCUT2D eigenvalue weighted by Gasteiger charge is 2.39. The average molecular weight is 215 g/mol. The van der Waals surface area contributed by atoms with Gasteiger partial charge in [0.2, 0.25) is 0 Å². The van der Waals surface area contributed by atoms with Gasteiger partial charge in [0.15, 0.2) is 0 Å². The molecule has 86 valence electrons. The summed E-state index contributed by atoms with van der Waals surface area (Å²) < 4.78 is 0. The number of benzene rings is 1. The maximum atomic E-state index is 3.82. The smallest absolute Gasteiger partial charge is 0.0188 e. The summed E-state index contributed by atoms with van der Waals surface area (Å²) in [5, 5.41) is 3.82. The van der Waals surface area contributed by atoms with Crippen molar-refractivity contribution in [3.05, 3.63) is 35.9 Å². The molecule has 1 spiro atoms. The first kappa shape index (κ1) is 10.3. The molecule has 0 amide bonds. The normalized spacial score (nSPS) is 28.4. The second-order valence-electron chi connectivity index (χ2n) is 5.53. The Balaban J connectivity index is 1.73. The summed E-state index contributed by atoms with van der Waals surface area (Å²) in [5.74, 6) is 0.749. The fourth-order valence-corrected chi connectivity index (χ4v) is 3.53. The monoisotopic (exact) mass is 215 g/mol. The van der Waals surface area contributed by atoms with Crippen LogP contribution < -0.4 is 5.32 Å². The van der Waals surface area contributed by atoms with Crippen LogP contribution in [0.25, 0.3) is 0 Å². The molecule has 1 saturated heterocycles. The third-order valence-electron chi connectivity index (χ3n) is 4.44. The highest BCUT2D eigenvalue weighted by atomic mass is 15.0. The van der Waals surface area contributed by atoms with Gasteiger partial charge in [-0.25, -0.2) is 0 Å². The van der Waals surface area contributed by atoms with E-state index in [0.29, 0.717) is 5.54 Å². The van der Waals surface area contributed by atoms with Crippen LogP contribution in [0.3, 0.4) is 0 Å². The van der Waals surface area contributed by atoms with Gasteiger partial charge < -0.3 is 5.32 Å². The molecule has 0 radical (unpaired) electrons. The first-order valence-electron chi connectivity index (χ1n) is 6.68. The quantitative estimate of drug-likeness (QED) is 0.756. The molecule has 0 aromatic heterocycles. The van der Waals surface area contributed by atoms with Crippen LogP contribution in [-0.2, 0) is 0 Å². The second kappa shape index (κ2) is 4.21. The highest BCUT2D eigenvalue weighted by molar-refractivity contribution is 5.23. The SMILES string of the molecule is c1ccc(C2CNC3(CCCCC3)C2)cc1. The Kier molecular flexibility index (Phi) is 2.72. The number of nitrogens with one attached hydrogen (secondary N) is 1. The van der Waals surface area contributed by atoms with Crippen molar-refractivity contribution >= 4 is 0 Å². The Morgan fingerprint density at radius 2 is 1.75 bits per heavy atom. The molecule has 0 bridgehead atoms. The van der Waals surface area contributed by atoms with Crippen molar-refractivity contribution in [1.82, 2.24) is 5.32 Å². The van der Waals surface area contributed by atoms with Gasteiger partial charge in [0.1, 0.15) is 0 Å². The zero-order valence-electron chi connectivity index (χ0n) is 9.91. The molecule has 1 saturated carbocycles. The lowest BCUT2D eigenvalue weighted by Gasteiger charge is -2.33. The summed E-state index contributed by atoms with van der Waals surface area (Å²) >= 11 is 0. The van der Waals surface area contributed by atoms with E-state index < -0.39 is 0 Å². The predicted molar refractivity (Wildman–Crippen MR) is 67.6 cm³/mol. The van der Waals surface area contributed by atoms with Gasteiger partial charge in [0.25, 0.3) is 0 Å². The summed E-state index contributed by atoms with van der Waals surface area (Å²) in [6.45, 7) is 1.18. The van der Waals surface area contributed by atoms with E-state index in [1.807, 2.05) is 0 Å². The van der Waals surface area contributed by atoms with Crippen molar-refractivity contribution in [2.24, 2.45) is 0 Å².